The molecule has 152 valence electrons. The van der Waals surface area contributed by atoms with Crippen LogP contribution in [-0.4, -0.2) is 50.3 Å². The number of carbonyl (C=O) groups is 1. The fraction of sp³-hybridized carbons (Fsp3) is 0.412. The summed E-state index contributed by atoms with van der Waals surface area (Å²) in [5, 5.41) is 5.83. The number of carbonyl (C=O) groups excluding carboxylic acids is 1. The van der Waals surface area contributed by atoms with Crippen molar-refractivity contribution in [2.24, 2.45) is 0 Å². The molecule has 2 amide bonds. The summed E-state index contributed by atoms with van der Waals surface area (Å²) in [7, 11) is -0.186. The third kappa shape index (κ3) is 4.54. The van der Waals surface area contributed by atoms with Gasteiger partial charge in [0.2, 0.25) is 10.0 Å². The zero-order chi connectivity index (χ0) is 20.3. The number of amides is 2. The molecular formula is C17H22N4O5S2. The lowest BCUT2D eigenvalue weighted by Gasteiger charge is -2.24. The molecule has 0 saturated heterocycles. The minimum absolute atomic E-state index is 0.0681. The van der Waals surface area contributed by atoms with Gasteiger partial charge in [0.15, 0.2) is 5.13 Å². The second kappa shape index (κ2) is 8.33. The van der Waals surface area contributed by atoms with Crippen molar-refractivity contribution in [3.63, 3.8) is 0 Å². The average molecular weight is 427 g/mol. The van der Waals surface area contributed by atoms with Gasteiger partial charge in [-0.25, -0.2) is 18.2 Å². The van der Waals surface area contributed by atoms with Gasteiger partial charge in [-0.05, 0) is 6.92 Å². The van der Waals surface area contributed by atoms with Gasteiger partial charge in [0.1, 0.15) is 11.5 Å². The van der Waals surface area contributed by atoms with E-state index in [4.69, 9.17) is 9.47 Å². The molecule has 2 heterocycles. The van der Waals surface area contributed by atoms with Crippen LogP contribution >= 0.6 is 11.3 Å². The number of fused-ring (bicyclic) bond motifs is 1. The van der Waals surface area contributed by atoms with E-state index in [1.54, 1.807) is 25.1 Å². The largest absolute Gasteiger partial charge is 0.497 e. The first kappa shape index (κ1) is 20.4. The minimum Gasteiger partial charge on any atom is -0.497 e. The molecule has 0 fully saturated rings. The van der Waals surface area contributed by atoms with E-state index in [0.717, 1.165) is 10.6 Å². The fourth-order valence-electron chi connectivity index (χ4n) is 2.78. The van der Waals surface area contributed by atoms with Crippen molar-refractivity contribution in [1.29, 1.82) is 0 Å². The molecule has 0 unspecified atom stereocenters. The number of nitrogens with one attached hydrogen (secondary N) is 2. The zero-order valence-corrected chi connectivity index (χ0v) is 17.4. The van der Waals surface area contributed by atoms with Crippen molar-refractivity contribution in [1.82, 2.24) is 9.29 Å². The number of nitrogens with zero attached hydrogens (tertiary/aromatic N) is 2. The first-order chi connectivity index (χ1) is 13.3. The molecule has 11 heteroatoms. The number of urea groups is 1. The lowest BCUT2D eigenvalue weighted by atomic mass is 10.2. The van der Waals surface area contributed by atoms with E-state index in [-0.39, 0.29) is 5.75 Å². The van der Waals surface area contributed by atoms with Crippen LogP contribution < -0.4 is 20.1 Å². The maximum atomic E-state index is 12.3. The predicted molar refractivity (Wildman–Crippen MR) is 108 cm³/mol. The zero-order valence-electron chi connectivity index (χ0n) is 15.8. The van der Waals surface area contributed by atoms with Crippen molar-refractivity contribution < 1.29 is 22.7 Å². The smallest absolute Gasteiger partial charge is 0.325 e. The lowest BCUT2D eigenvalue weighted by Crippen LogP contribution is -2.36. The van der Waals surface area contributed by atoms with E-state index < -0.39 is 16.1 Å². The number of thiazole rings is 1. The van der Waals surface area contributed by atoms with E-state index >= 15 is 0 Å². The summed E-state index contributed by atoms with van der Waals surface area (Å²) in [5.74, 6) is 1.17. The summed E-state index contributed by atoms with van der Waals surface area (Å²) < 4.78 is 36.0. The molecule has 0 atom stereocenters. The summed E-state index contributed by atoms with van der Waals surface area (Å²) in [6, 6.07) is 4.58. The number of rotatable bonds is 6. The number of anilines is 2. The third-order valence-electron chi connectivity index (χ3n) is 4.28. The van der Waals surface area contributed by atoms with Crippen LogP contribution in [0.3, 0.4) is 0 Å². The van der Waals surface area contributed by atoms with Crippen LogP contribution in [0.5, 0.6) is 11.5 Å². The summed E-state index contributed by atoms with van der Waals surface area (Å²) in [4.78, 5) is 17.6. The maximum Gasteiger partial charge on any atom is 0.325 e. The SMILES string of the molecule is CCS(=O)(=O)N1CCc2nc(NC(=O)Nc3cc(OC)cc(OC)c3)sc2C1. The number of ether oxygens (including phenoxy) is 2. The molecule has 9 nitrogen and oxygen atoms in total. The third-order valence-corrected chi connectivity index (χ3v) is 7.11. The van der Waals surface area contributed by atoms with Crippen LogP contribution in [0.2, 0.25) is 0 Å². The van der Waals surface area contributed by atoms with Crippen LogP contribution in [0.15, 0.2) is 18.2 Å². The summed E-state index contributed by atoms with van der Waals surface area (Å²) in [5.41, 5.74) is 1.33. The molecule has 1 aliphatic rings. The Labute approximate surface area is 167 Å². The molecule has 3 rings (SSSR count). The Bertz CT molecular complexity index is 952. The topological polar surface area (TPSA) is 110 Å². The van der Waals surface area contributed by atoms with Crippen LogP contribution in [0.4, 0.5) is 15.6 Å². The molecule has 1 aromatic carbocycles. The van der Waals surface area contributed by atoms with Crippen molar-refractivity contribution in [2.75, 3.05) is 37.2 Å². The summed E-state index contributed by atoms with van der Waals surface area (Å²) >= 11 is 1.28. The van der Waals surface area contributed by atoms with E-state index in [0.29, 0.717) is 41.8 Å². The second-order valence-electron chi connectivity index (χ2n) is 6.05. The van der Waals surface area contributed by atoms with E-state index in [9.17, 15) is 13.2 Å². The quantitative estimate of drug-likeness (QED) is 0.734. The van der Waals surface area contributed by atoms with Gasteiger partial charge < -0.3 is 14.8 Å². The Kier molecular flexibility index (Phi) is 6.06. The van der Waals surface area contributed by atoms with Gasteiger partial charge in [-0.15, -0.1) is 0 Å². The van der Waals surface area contributed by atoms with Gasteiger partial charge in [0.05, 0.1) is 25.7 Å². The van der Waals surface area contributed by atoms with Gasteiger partial charge in [-0.2, -0.15) is 4.31 Å². The molecular weight excluding hydrogens is 404 g/mol. The highest BCUT2D eigenvalue weighted by atomic mass is 32.2. The van der Waals surface area contributed by atoms with E-state index in [1.165, 1.54) is 29.9 Å². The molecule has 0 spiro atoms. The predicted octanol–water partition coefficient (Wildman–Crippen LogP) is 2.51. The van der Waals surface area contributed by atoms with Crippen molar-refractivity contribution in [3.8, 4) is 11.5 Å². The van der Waals surface area contributed by atoms with E-state index in [2.05, 4.69) is 15.6 Å². The Morgan fingerprint density at radius 1 is 1.21 bits per heavy atom. The number of sulfonamides is 1. The Morgan fingerprint density at radius 2 is 1.89 bits per heavy atom. The normalized spacial score (nSPS) is 14.2. The maximum absolute atomic E-state index is 12.3. The summed E-state index contributed by atoms with van der Waals surface area (Å²) in [6.07, 6.45) is 0.529. The number of hydrogen-bond donors (Lipinski definition) is 2. The van der Waals surface area contributed by atoms with Crippen LogP contribution in [0, 0.1) is 0 Å². The van der Waals surface area contributed by atoms with Crippen LogP contribution in [0.1, 0.15) is 17.5 Å². The molecule has 2 aromatic rings. The molecule has 1 aromatic heterocycles. The van der Waals surface area contributed by atoms with Gasteiger partial charge in [0, 0.05) is 48.3 Å². The number of benzene rings is 1. The average Bonchev–Trinajstić information content (AvgIpc) is 3.08. The standard InChI is InChI=1S/C17H22N4O5S2/c1-4-28(23,24)21-6-5-14-15(10-21)27-17(19-14)20-16(22)18-11-7-12(25-2)9-13(8-11)26-3/h7-9H,4-6,10H2,1-3H3,(H2,18,19,20,22). The number of methoxy groups -OCH3 is 2. The van der Waals surface area contributed by atoms with Crippen molar-refractivity contribution in [3.05, 3.63) is 28.8 Å². The lowest BCUT2D eigenvalue weighted by molar-refractivity contribution is 0.262. The molecule has 0 saturated carbocycles. The molecule has 2 N–H and O–H groups in total. The molecule has 0 radical (unpaired) electrons. The highest BCUT2D eigenvalue weighted by Crippen LogP contribution is 2.30. The van der Waals surface area contributed by atoms with E-state index in [1.807, 2.05) is 0 Å². The Balaban J connectivity index is 1.68. The van der Waals surface area contributed by atoms with Gasteiger partial charge in [0.25, 0.3) is 0 Å². The number of hydrogen-bond acceptors (Lipinski definition) is 7. The summed E-state index contributed by atoms with van der Waals surface area (Å²) in [6.45, 7) is 2.32. The molecule has 1 aliphatic heterocycles. The minimum atomic E-state index is -3.24. The monoisotopic (exact) mass is 426 g/mol. The second-order valence-corrected chi connectivity index (χ2v) is 9.39. The van der Waals surface area contributed by atoms with Gasteiger partial charge in [-0.3, -0.25) is 5.32 Å². The van der Waals surface area contributed by atoms with Crippen LogP contribution in [0.25, 0.3) is 0 Å². The Morgan fingerprint density at radius 3 is 2.50 bits per heavy atom. The molecule has 0 bridgehead atoms. The molecule has 28 heavy (non-hydrogen) atoms. The first-order valence-electron chi connectivity index (χ1n) is 8.62. The number of aromatic nitrogens is 1. The van der Waals surface area contributed by atoms with Gasteiger partial charge >= 0.3 is 6.03 Å². The Hall–Kier alpha value is -2.37. The van der Waals surface area contributed by atoms with Crippen LogP contribution in [-0.2, 0) is 23.0 Å². The van der Waals surface area contributed by atoms with Crippen molar-refractivity contribution in [2.45, 2.75) is 19.9 Å². The first-order valence-corrected chi connectivity index (χ1v) is 11.0. The molecule has 0 aliphatic carbocycles. The van der Waals surface area contributed by atoms with Crippen molar-refractivity contribution >= 4 is 38.2 Å². The highest BCUT2D eigenvalue weighted by Gasteiger charge is 2.28. The fourth-order valence-corrected chi connectivity index (χ4v) is 4.95. The van der Waals surface area contributed by atoms with Gasteiger partial charge in [-0.1, -0.05) is 11.3 Å². The highest BCUT2D eigenvalue weighted by molar-refractivity contribution is 7.89.